The summed E-state index contributed by atoms with van der Waals surface area (Å²) in [5, 5.41) is 56.1. The molecule has 1 aromatic carbocycles. The summed E-state index contributed by atoms with van der Waals surface area (Å²) in [6.07, 6.45) is -0.781. The molecule has 0 spiro atoms. The standard InChI is InChI=1S/C32H54ClN5O10/c1-47-26-16-22(34)21(33)15-20(26)32(46)37-23-11-14-38(18-27(23)48-2)13-8-4-6-9-28(42)35-12-7-3-5-10-29(43)36-17-24(40)30(44)31(45)25(41)19-39/h15-16,23-25,27,30-31,39-41,44-45H,3-14,17-19,34H2,1-2H3,(H,35,42)(H,36,43)(H,37,46)/t23-,24+,25-,27+,30-,31-/m1/s1. The molecule has 2 rings (SSSR count). The molecule has 1 saturated heterocycles. The van der Waals surface area contributed by atoms with Gasteiger partial charge in [-0.3, -0.25) is 14.4 Å². The maximum atomic E-state index is 13.0. The Morgan fingerprint density at radius 2 is 1.60 bits per heavy atom. The summed E-state index contributed by atoms with van der Waals surface area (Å²) >= 11 is 6.13. The molecule has 0 saturated carbocycles. The summed E-state index contributed by atoms with van der Waals surface area (Å²) in [4.78, 5) is 39.4. The van der Waals surface area contributed by atoms with Gasteiger partial charge in [0.1, 0.15) is 24.1 Å². The van der Waals surface area contributed by atoms with Crippen LogP contribution in [0.15, 0.2) is 12.1 Å². The van der Waals surface area contributed by atoms with E-state index < -0.39 is 31.0 Å². The van der Waals surface area contributed by atoms with E-state index in [1.54, 1.807) is 7.11 Å². The van der Waals surface area contributed by atoms with Gasteiger partial charge in [-0.05, 0) is 44.7 Å². The minimum Gasteiger partial charge on any atom is -0.496 e. The van der Waals surface area contributed by atoms with Crippen molar-refractivity contribution in [1.29, 1.82) is 0 Å². The lowest BCUT2D eigenvalue weighted by molar-refractivity contribution is -0.126. The van der Waals surface area contributed by atoms with Crippen molar-refractivity contribution in [2.75, 3.05) is 59.3 Å². The number of hydrogen-bond acceptors (Lipinski definition) is 12. The smallest absolute Gasteiger partial charge is 0.255 e. The highest BCUT2D eigenvalue weighted by atomic mass is 35.5. The highest BCUT2D eigenvalue weighted by molar-refractivity contribution is 6.33. The van der Waals surface area contributed by atoms with Gasteiger partial charge >= 0.3 is 0 Å². The molecule has 10 N–H and O–H groups in total. The van der Waals surface area contributed by atoms with E-state index in [4.69, 9.17) is 31.9 Å². The van der Waals surface area contributed by atoms with Gasteiger partial charge in [0.2, 0.25) is 11.8 Å². The maximum absolute atomic E-state index is 13.0. The third-order valence-corrected chi connectivity index (χ3v) is 8.77. The summed E-state index contributed by atoms with van der Waals surface area (Å²) < 4.78 is 11.0. The first-order valence-electron chi connectivity index (χ1n) is 16.5. The first-order chi connectivity index (χ1) is 22.9. The van der Waals surface area contributed by atoms with Gasteiger partial charge in [-0.25, -0.2) is 0 Å². The van der Waals surface area contributed by atoms with Crippen LogP contribution in [0.4, 0.5) is 5.69 Å². The normalized spacial score (nSPS) is 19.2. The monoisotopic (exact) mass is 703 g/mol. The molecule has 15 nitrogen and oxygen atoms in total. The maximum Gasteiger partial charge on any atom is 0.255 e. The van der Waals surface area contributed by atoms with Gasteiger partial charge in [-0.15, -0.1) is 0 Å². The molecule has 0 unspecified atom stereocenters. The Bertz CT molecular complexity index is 1150. The minimum absolute atomic E-state index is 0.0104. The SMILES string of the molecule is COc1cc(N)c(Cl)cc1C(=O)N[C@@H]1CCN(CCCCCC(=O)NCCCCCC(=O)NC[C@H](O)[C@@H](O)[C@H](O)[C@H](O)CO)C[C@@H]1OC. The van der Waals surface area contributed by atoms with Crippen molar-refractivity contribution in [3.63, 3.8) is 0 Å². The Balaban J connectivity index is 1.53. The lowest BCUT2D eigenvalue weighted by Crippen LogP contribution is -2.54. The van der Waals surface area contributed by atoms with E-state index in [9.17, 15) is 34.8 Å². The zero-order valence-corrected chi connectivity index (χ0v) is 28.7. The molecule has 1 fully saturated rings. The number of nitrogen functional groups attached to an aromatic ring is 1. The van der Waals surface area contributed by atoms with E-state index in [2.05, 4.69) is 20.9 Å². The van der Waals surface area contributed by atoms with Crippen LogP contribution < -0.4 is 26.4 Å². The molecule has 0 bridgehead atoms. The Labute approximate surface area is 287 Å². The average molecular weight is 704 g/mol. The molecule has 1 aliphatic heterocycles. The number of nitrogens with two attached hydrogens (primary N) is 1. The molecule has 1 heterocycles. The van der Waals surface area contributed by atoms with Gasteiger partial charge in [-0.2, -0.15) is 0 Å². The van der Waals surface area contributed by atoms with Gasteiger partial charge < -0.3 is 61.6 Å². The lowest BCUT2D eigenvalue weighted by Gasteiger charge is -2.38. The van der Waals surface area contributed by atoms with E-state index in [1.807, 2.05) is 0 Å². The molecule has 1 aliphatic rings. The van der Waals surface area contributed by atoms with Gasteiger partial charge in [0.05, 0.1) is 48.2 Å². The summed E-state index contributed by atoms with van der Waals surface area (Å²) in [7, 11) is 3.10. The molecule has 0 aromatic heterocycles. The van der Waals surface area contributed by atoms with Crippen LogP contribution in [0.5, 0.6) is 5.75 Å². The van der Waals surface area contributed by atoms with Crippen LogP contribution in [0.2, 0.25) is 5.02 Å². The molecule has 0 radical (unpaired) electrons. The number of piperidine rings is 1. The number of carbonyl (C=O) groups excluding carboxylic acids is 3. The average Bonchev–Trinajstić information content (AvgIpc) is 3.08. The van der Waals surface area contributed by atoms with Crippen molar-refractivity contribution in [2.24, 2.45) is 0 Å². The van der Waals surface area contributed by atoms with E-state index in [-0.39, 0.29) is 47.9 Å². The molecule has 1 aromatic rings. The summed E-state index contributed by atoms with van der Waals surface area (Å²) in [5.74, 6) is -0.299. The van der Waals surface area contributed by atoms with Gasteiger partial charge in [0.15, 0.2) is 0 Å². The second-order valence-corrected chi connectivity index (χ2v) is 12.5. The molecule has 3 amide bonds. The van der Waals surface area contributed by atoms with Crippen molar-refractivity contribution >= 4 is 35.0 Å². The van der Waals surface area contributed by atoms with Crippen molar-refractivity contribution in [2.45, 2.75) is 94.3 Å². The zero-order valence-electron chi connectivity index (χ0n) is 27.9. The van der Waals surface area contributed by atoms with Crippen LogP contribution in [0.1, 0.15) is 68.1 Å². The lowest BCUT2D eigenvalue weighted by atomic mass is 10.00. The number of nitrogens with zero attached hydrogens (tertiary/aromatic N) is 1. The number of rotatable bonds is 22. The Kier molecular flexibility index (Phi) is 19.0. The van der Waals surface area contributed by atoms with Crippen LogP contribution in [0.25, 0.3) is 0 Å². The quantitative estimate of drug-likeness (QED) is 0.0551. The number of likely N-dealkylation sites (tertiary alicyclic amines) is 1. The number of unbranched alkanes of at least 4 members (excludes halogenated alkanes) is 4. The van der Waals surface area contributed by atoms with E-state index in [1.165, 1.54) is 19.2 Å². The second kappa shape index (κ2) is 22.1. The number of nitrogens with one attached hydrogen (secondary N) is 3. The van der Waals surface area contributed by atoms with Crippen molar-refractivity contribution in [1.82, 2.24) is 20.9 Å². The number of anilines is 1. The van der Waals surface area contributed by atoms with Crippen LogP contribution in [0.3, 0.4) is 0 Å². The fourth-order valence-corrected chi connectivity index (χ4v) is 5.60. The summed E-state index contributed by atoms with van der Waals surface area (Å²) in [6.45, 7) is 1.77. The first-order valence-corrected chi connectivity index (χ1v) is 16.8. The van der Waals surface area contributed by atoms with Crippen LogP contribution in [0, 0.1) is 0 Å². The van der Waals surface area contributed by atoms with Crippen LogP contribution in [-0.4, -0.2) is 138 Å². The highest BCUT2D eigenvalue weighted by Crippen LogP contribution is 2.29. The Hall–Kier alpha value is -2.76. The number of amides is 3. The van der Waals surface area contributed by atoms with E-state index in [0.717, 1.165) is 38.8 Å². The summed E-state index contributed by atoms with van der Waals surface area (Å²) in [6, 6.07) is 2.86. The number of aliphatic hydroxyl groups is 5. The van der Waals surface area contributed by atoms with E-state index in [0.29, 0.717) is 55.8 Å². The van der Waals surface area contributed by atoms with Crippen LogP contribution >= 0.6 is 11.6 Å². The van der Waals surface area contributed by atoms with Crippen LogP contribution in [-0.2, 0) is 14.3 Å². The van der Waals surface area contributed by atoms with Gasteiger partial charge in [-0.1, -0.05) is 24.4 Å². The molecular weight excluding hydrogens is 650 g/mol. The number of carbonyl (C=O) groups is 3. The topological polar surface area (TPSA) is 236 Å². The molecular formula is C32H54ClN5O10. The molecule has 48 heavy (non-hydrogen) atoms. The van der Waals surface area contributed by atoms with Crippen molar-refractivity contribution in [3.05, 3.63) is 22.7 Å². The second-order valence-electron chi connectivity index (χ2n) is 12.1. The predicted molar refractivity (Wildman–Crippen MR) is 180 cm³/mol. The zero-order chi connectivity index (χ0) is 35.6. The molecule has 16 heteroatoms. The fourth-order valence-electron chi connectivity index (χ4n) is 5.44. The van der Waals surface area contributed by atoms with Gasteiger partial charge in [0.25, 0.3) is 5.91 Å². The number of aliphatic hydroxyl groups excluding tert-OH is 5. The molecule has 0 aliphatic carbocycles. The third-order valence-electron chi connectivity index (χ3n) is 8.44. The number of methoxy groups -OCH3 is 2. The largest absolute Gasteiger partial charge is 0.496 e. The number of benzene rings is 1. The van der Waals surface area contributed by atoms with Gasteiger partial charge in [0, 0.05) is 52.2 Å². The molecule has 6 atom stereocenters. The summed E-state index contributed by atoms with van der Waals surface area (Å²) in [5.41, 5.74) is 6.48. The number of halogens is 1. The van der Waals surface area contributed by atoms with Crippen molar-refractivity contribution in [3.8, 4) is 5.75 Å². The van der Waals surface area contributed by atoms with Crippen molar-refractivity contribution < 1.29 is 49.4 Å². The third kappa shape index (κ3) is 14.0. The Morgan fingerprint density at radius 3 is 2.25 bits per heavy atom. The first kappa shape index (κ1) is 41.4. The van der Waals surface area contributed by atoms with E-state index >= 15 is 0 Å². The molecule has 274 valence electrons. The number of hydrogen-bond donors (Lipinski definition) is 9. The Morgan fingerprint density at radius 1 is 0.958 bits per heavy atom. The minimum atomic E-state index is -1.74. The highest BCUT2D eigenvalue weighted by Gasteiger charge is 2.32. The number of ether oxygens (including phenoxy) is 2. The fraction of sp³-hybridized carbons (Fsp3) is 0.719. The predicted octanol–water partition coefficient (Wildman–Crippen LogP) is -0.461.